The third-order valence-electron chi connectivity index (χ3n) is 1.01. The standard InChI is InChI=1S/C4H7Cl2N2.Cd.2HNO3/c5-3-1-2-4(6)8-7-3;;2*2-1(3)4/h3-4,7H,1-2H2;;2*(H,2,3,4)/q-1;;;. The first kappa shape index (κ1) is 22.0. The molecule has 2 atom stereocenters. The summed E-state index contributed by atoms with van der Waals surface area (Å²) in [6.45, 7) is 0. The van der Waals surface area contributed by atoms with Gasteiger partial charge in [0.05, 0.1) is 5.50 Å². The molecule has 0 spiro atoms. The maximum Gasteiger partial charge on any atom is 0.291 e. The van der Waals surface area contributed by atoms with E-state index in [4.69, 9.17) is 53.8 Å². The second-order valence-electron chi connectivity index (χ2n) is 2.21. The molecule has 2 unspecified atom stereocenters. The van der Waals surface area contributed by atoms with Gasteiger partial charge in [-0.1, -0.05) is 6.42 Å². The van der Waals surface area contributed by atoms with Gasteiger partial charge in [0, 0.05) is 27.3 Å². The molecule has 1 fully saturated rings. The van der Waals surface area contributed by atoms with E-state index in [0.29, 0.717) is 0 Å². The van der Waals surface area contributed by atoms with Gasteiger partial charge in [0.2, 0.25) is 0 Å². The van der Waals surface area contributed by atoms with Gasteiger partial charge in [0.1, 0.15) is 0 Å². The van der Waals surface area contributed by atoms with Crippen molar-refractivity contribution in [1.82, 2.24) is 5.43 Å². The quantitative estimate of drug-likeness (QED) is 0.183. The van der Waals surface area contributed by atoms with Gasteiger partial charge < -0.3 is 21.3 Å². The monoisotopic (exact) mass is 393 g/mol. The first-order valence-electron chi connectivity index (χ1n) is 3.65. The minimum Gasteiger partial charge on any atom is -0.580 e. The molecular formula is C4H9CdCl2N4O6-. The number of rotatable bonds is 0. The van der Waals surface area contributed by atoms with Gasteiger partial charge in [-0.15, -0.1) is 43.4 Å². The zero-order valence-corrected chi connectivity index (χ0v) is 13.9. The molecule has 0 saturated carbocycles. The van der Waals surface area contributed by atoms with Gasteiger partial charge in [-0.05, 0) is 11.9 Å². The average molecular weight is 392 g/mol. The van der Waals surface area contributed by atoms with E-state index in [2.05, 4.69) is 10.9 Å². The van der Waals surface area contributed by atoms with Gasteiger partial charge in [0.25, 0.3) is 10.2 Å². The van der Waals surface area contributed by atoms with Crippen LogP contribution in [-0.4, -0.2) is 31.6 Å². The Morgan fingerprint density at radius 2 is 1.53 bits per heavy atom. The van der Waals surface area contributed by atoms with Crippen molar-refractivity contribution in [2.45, 2.75) is 23.8 Å². The van der Waals surface area contributed by atoms with Crippen LogP contribution in [0.3, 0.4) is 0 Å². The van der Waals surface area contributed by atoms with Crippen LogP contribution in [0.2, 0.25) is 0 Å². The number of alkyl halides is 2. The summed E-state index contributed by atoms with van der Waals surface area (Å²) >= 11 is 11.2. The van der Waals surface area contributed by atoms with E-state index in [1.54, 1.807) is 0 Å². The Bertz CT molecular complexity index is 186. The van der Waals surface area contributed by atoms with Crippen LogP contribution >= 0.6 is 23.2 Å². The topological polar surface area (TPSA) is 153 Å². The van der Waals surface area contributed by atoms with Crippen molar-refractivity contribution < 1.29 is 47.9 Å². The van der Waals surface area contributed by atoms with Crippen LogP contribution in [0.1, 0.15) is 12.8 Å². The van der Waals surface area contributed by atoms with Gasteiger partial charge in [-0.3, -0.25) is 0 Å². The molecule has 0 bridgehead atoms. The summed E-state index contributed by atoms with van der Waals surface area (Å²) < 4.78 is 0. The van der Waals surface area contributed by atoms with Crippen LogP contribution < -0.4 is 5.43 Å². The summed E-state index contributed by atoms with van der Waals surface area (Å²) in [6, 6.07) is 0. The molecule has 13 heteroatoms. The van der Waals surface area contributed by atoms with Gasteiger partial charge in [-0.25, -0.2) is 0 Å². The minimum absolute atomic E-state index is 0. The van der Waals surface area contributed by atoms with Crippen LogP contribution in [0.4, 0.5) is 0 Å². The maximum atomic E-state index is 8.36. The molecule has 1 saturated heterocycles. The van der Waals surface area contributed by atoms with E-state index in [9.17, 15) is 0 Å². The molecular weight excluding hydrogens is 383 g/mol. The molecule has 98 valence electrons. The van der Waals surface area contributed by atoms with Crippen molar-refractivity contribution in [3.63, 3.8) is 0 Å². The minimum atomic E-state index is -1.50. The molecule has 0 aromatic heterocycles. The van der Waals surface area contributed by atoms with Crippen LogP contribution in [0, 0.1) is 20.2 Å². The van der Waals surface area contributed by atoms with E-state index in [0.717, 1.165) is 12.8 Å². The number of hydrogen-bond donors (Lipinski definition) is 3. The van der Waals surface area contributed by atoms with Crippen LogP contribution in [0.25, 0.3) is 5.43 Å². The van der Waals surface area contributed by atoms with Crippen molar-refractivity contribution in [1.29, 1.82) is 0 Å². The molecule has 0 radical (unpaired) electrons. The van der Waals surface area contributed by atoms with E-state index < -0.39 is 10.2 Å². The fraction of sp³-hybridized carbons (Fsp3) is 1.00. The molecule has 1 rings (SSSR count). The van der Waals surface area contributed by atoms with E-state index in [1.807, 2.05) is 0 Å². The molecule has 0 amide bonds. The second-order valence-corrected chi connectivity index (χ2v) is 3.24. The van der Waals surface area contributed by atoms with Crippen molar-refractivity contribution in [2.24, 2.45) is 0 Å². The van der Waals surface area contributed by atoms with Gasteiger partial charge in [-0.2, -0.15) is 0 Å². The summed E-state index contributed by atoms with van der Waals surface area (Å²) in [5.74, 6) is 0. The zero-order chi connectivity index (χ0) is 13.1. The zero-order valence-electron chi connectivity index (χ0n) is 8.40. The van der Waals surface area contributed by atoms with E-state index >= 15 is 0 Å². The Labute approximate surface area is 126 Å². The Balaban J connectivity index is -0.000000189. The summed E-state index contributed by atoms with van der Waals surface area (Å²) in [5, 5.41) is 27.3. The van der Waals surface area contributed by atoms with Crippen molar-refractivity contribution >= 4 is 23.2 Å². The largest absolute Gasteiger partial charge is 0.580 e. The molecule has 0 aromatic rings. The second kappa shape index (κ2) is 13.9. The summed E-state index contributed by atoms with van der Waals surface area (Å²) in [6.07, 6.45) is 1.78. The smallest absolute Gasteiger partial charge is 0.291 e. The molecule has 1 aliphatic rings. The van der Waals surface area contributed by atoms with E-state index in [-0.39, 0.29) is 38.3 Å². The van der Waals surface area contributed by atoms with E-state index in [1.165, 1.54) is 0 Å². The molecule has 0 aliphatic carbocycles. The van der Waals surface area contributed by atoms with Gasteiger partial charge in [0.15, 0.2) is 0 Å². The fourth-order valence-electron chi connectivity index (χ4n) is 0.575. The Morgan fingerprint density at radius 1 is 1.18 bits per heavy atom. The first-order valence-corrected chi connectivity index (χ1v) is 4.53. The average Bonchev–Trinajstić information content (AvgIpc) is 2.08. The SMILES string of the molecule is ClC1CCC(Cl)N[N-]1.O=[N+]([O-])O.O=[N+]([O-])O.[Cd]. The van der Waals surface area contributed by atoms with Crippen molar-refractivity contribution in [3.05, 3.63) is 25.7 Å². The predicted octanol–water partition coefficient (Wildman–Crippen LogP) is 1.09. The number of hydrogen-bond acceptors (Lipinski definition) is 5. The first-order chi connectivity index (χ1) is 7.25. The summed E-state index contributed by atoms with van der Waals surface area (Å²) in [7, 11) is 0. The van der Waals surface area contributed by atoms with Crippen LogP contribution in [0.5, 0.6) is 0 Å². The summed E-state index contributed by atoms with van der Waals surface area (Å²) in [5.41, 5.74) is 6.40. The number of nitrogens with one attached hydrogen (secondary N) is 1. The van der Waals surface area contributed by atoms with Gasteiger partial charge >= 0.3 is 0 Å². The molecule has 1 aliphatic heterocycles. The Kier molecular flexibility index (Phi) is 18.0. The third kappa shape index (κ3) is 31.3. The maximum absolute atomic E-state index is 8.36. The third-order valence-corrected chi connectivity index (χ3v) is 1.64. The molecule has 17 heavy (non-hydrogen) atoms. The molecule has 10 nitrogen and oxygen atoms in total. The van der Waals surface area contributed by atoms with Crippen LogP contribution in [0.15, 0.2) is 0 Å². The van der Waals surface area contributed by atoms with Crippen molar-refractivity contribution in [3.8, 4) is 0 Å². The normalized spacial score (nSPS) is 21.5. The predicted molar refractivity (Wildman–Crippen MR) is 52.6 cm³/mol. The fourth-order valence-corrected chi connectivity index (χ4v) is 0.939. The number of nitrogens with zero attached hydrogens (tertiary/aromatic N) is 3. The summed E-state index contributed by atoms with van der Waals surface area (Å²) in [4.78, 5) is 16.7. The van der Waals surface area contributed by atoms with Crippen LogP contribution in [-0.2, 0) is 27.3 Å². The molecule has 0 aromatic carbocycles. The molecule has 1 heterocycles. The Hall–Kier alpha value is -0.178. The Morgan fingerprint density at radius 3 is 1.71 bits per heavy atom. The van der Waals surface area contributed by atoms with Crippen molar-refractivity contribution in [2.75, 3.05) is 0 Å². The number of halogens is 2. The molecule has 3 N–H and O–H groups in total.